The van der Waals surface area contributed by atoms with Crippen molar-refractivity contribution >= 4 is 17.3 Å². The summed E-state index contributed by atoms with van der Waals surface area (Å²) in [4.78, 5) is 17.9. The van der Waals surface area contributed by atoms with Crippen LogP contribution in [0.1, 0.15) is 35.8 Å². The first-order valence-electron chi connectivity index (χ1n) is 6.16. The minimum atomic E-state index is -0.354. The first kappa shape index (κ1) is 15.1. The van der Waals surface area contributed by atoms with E-state index in [2.05, 4.69) is 16.8 Å². The Morgan fingerprint density at radius 1 is 1.56 bits per heavy atom. The molecule has 1 N–H and O–H groups in total. The molecular weight excluding hydrogens is 252 g/mol. The van der Waals surface area contributed by atoms with Crippen molar-refractivity contribution in [2.24, 2.45) is 0 Å². The first-order chi connectivity index (χ1) is 8.71. The van der Waals surface area contributed by atoms with Crippen molar-refractivity contribution in [3.63, 3.8) is 0 Å². The van der Waals surface area contributed by atoms with Crippen LogP contribution in [-0.4, -0.2) is 47.3 Å². The normalized spacial score (nSPS) is 10.9. The molecule has 1 heterocycles. The third-order valence-corrected chi connectivity index (χ3v) is 3.34. The number of hydrogen-bond acceptors (Lipinski definition) is 6. The Kier molecular flexibility index (Phi) is 6.85. The van der Waals surface area contributed by atoms with E-state index in [-0.39, 0.29) is 12.6 Å². The van der Waals surface area contributed by atoms with Gasteiger partial charge in [0.15, 0.2) is 0 Å². The average molecular weight is 272 g/mol. The fourth-order valence-corrected chi connectivity index (χ4v) is 2.24. The molecule has 0 saturated heterocycles. The Hall–Kier alpha value is -0.980. The number of carbonyl (C=O) groups excluding carboxylic acids is 1. The van der Waals surface area contributed by atoms with Gasteiger partial charge >= 0.3 is 5.97 Å². The lowest BCUT2D eigenvalue weighted by Crippen LogP contribution is -2.24. The quantitative estimate of drug-likeness (QED) is 0.727. The van der Waals surface area contributed by atoms with Gasteiger partial charge in [-0.15, -0.1) is 11.3 Å². The monoisotopic (exact) mass is 272 g/mol. The molecule has 1 aromatic rings. The Labute approximate surface area is 111 Å². The van der Waals surface area contributed by atoms with Crippen LogP contribution in [0.5, 0.6) is 0 Å². The summed E-state index contributed by atoms with van der Waals surface area (Å²) in [6, 6.07) is 0. The Bertz CT molecular complexity index is 368. The fourth-order valence-electron chi connectivity index (χ4n) is 1.54. The molecule has 0 radical (unpaired) electrons. The van der Waals surface area contributed by atoms with Gasteiger partial charge in [0, 0.05) is 25.1 Å². The standard InChI is InChI=1S/C12H20N2O3S/c1-3-14(6-5-7-15)8-10-9-18-11(13-10)12(16)17-4-2/h9,15H,3-8H2,1-2H3. The minimum absolute atomic E-state index is 0.196. The molecule has 0 spiro atoms. The predicted molar refractivity (Wildman–Crippen MR) is 70.7 cm³/mol. The number of aliphatic hydroxyl groups is 1. The zero-order chi connectivity index (χ0) is 13.4. The van der Waals surface area contributed by atoms with Crippen LogP contribution in [0.25, 0.3) is 0 Å². The van der Waals surface area contributed by atoms with Crippen molar-refractivity contribution in [1.82, 2.24) is 9.88 Å². The van der Waals surface area contributed by atoms with Gasteiger partial charge in [0.1, 0.15) is 0 Å². The maximum absolute atomic E-state index is 11.5. The molecule has 0 atom stereocenters. The van der Waals surface area contributed by atoms with Gasteiger partial charge in [0.25, 0.3) is 0 Å². The van der Waals surface area contributed by atoms with Crippen molar-refractivity contribution in [1.29, 1.82) is 0 Å². The largest absolute Gasteiger partial charge is 0.461 e. The molecule has 102 valence electrons. The highest BCUT2D eigenvalue weighted by molar-refractivity contribution is 7.11. The van der Waals surface area contributed by atoms with Gasteiger partial charge < -0.3 is 9.84 Å². The van der Waals surface area contributed by atoms with E-state index in [1.165, 1.54) is 11.3 Å². The van der Waals surface area contributed by atoms with E-state index in [1.54, 1.807) is 6.92 Å². The summed E-state index contributed by atoms with van der Waals surface area (Å²) in [6.45, 7) is 6.83. The topological polar surface area (TPSA) is 62.7 Å². The van der Waals surface area contributed by atoms with Gasteiger partial charge in [-0.05, 0) is 19.9 Å². The third kappa shape index (κ3) is 4.72. The molecule has 0 bridgehead atoms. The molecule has 1 rings (SSSR count). The third-order valence-electron chi connectivity index (χ3n) is 2.47. The van der Waals surface area contributed by atoms with Crippen molar-refractivity contribution in [3.05, 3.63) is 16.1 Å². The Morgan fingerprint density at radius 2 is 2.33 bits per heavy atom. The molecule has 0 unspecified atom stereocenters. The molecule has 0 aliphatic rings. The van der Waals surface area contributed by atoms with E-state index in [1.807, 2.05) is 5.38 Å². The molecule has 18 heavy (non-hydrogen) atoms. The van der Waals surface area contributed by atoms with Crippen molar-refractivity contribution < 1.29 is 14.6 Å². The van der Waals surface area contributed by atoms with Gasteiger partial charge in [0.2, 0.25) is 5.01 Å². The smallest absolute Gasteiger partial charge is 0.367 e. The van der Waals surface area contributed by atoms with Gasteiger partial charge in [0.05, 0.1) is 12.3 Å². The molecule has 0 saturated carbocycles. The number of thiazole rings is 1. The van der Waals surface area contributed by atoms with E-state index >= 15 is 0 Å². The zero-order valence-electron chi connectivity index (χ0n) is 10.9. The molecule has 1 aromatic heterocycles. The Balaban J connectivity index is 2.54. The van der Waals surface area contributed by atoms with Crippen LogP contribution in [0.15, 0.2) is 5.38 Å². The lowest BCUT2D eigenvalue weighted by atomic mass is 10.3. The van der Waals surface area contributed by atoms with Crippen LogP contribution < -0.4 is 0 Å². The van der Waals surface area contributed by atoms with E-state index < -0.39 is 0 Å². The summed E-state index contributed by atoms with van der Waals surface area (Å²) in [5.41, 5.74) is 0.878. The second-order valence-corrected chi connectivity index (χ2v) is 4.67. The SMILES string of the molecule is CCOC(=O)c1nc(CN(CC)CCCO)cs1. The van der Waals surface area contributed by atoms with E-state index in [9.17, 15) is 4.79 Å². The molecule has 0 aliphatic carbocycles. The summed E-state index contributed by atoms with van der Waals surface area (Å²) in [6.07, 6.45) is 0.753. The maximum Gasteiger partial charge on any atom is 0.367 e. The summed E-state index contributed by atoms with van der Waals surface area (Å²) in [5.74, 6) is -0.354. The lowest BCUT2D eigenvalue weighted by Gasteiger charge is -2.18. The number of esters is 1. The number of aromatic nitrogens is 1. The van der Waals surface area contributed by atoms with Gasteiger partial charge in [-0.3, -0.25) is 4.90 Å². The predicted octanol–water partition coefficient (Wildman–Crippen LogP) is 1.52. The maximum atomic E-state index is 11.5. The highest BCUT2D eigenvalue weighted by Gasteiger charge is 2.13. The van der Waals surface area contributed by atoms with Crippen LogP contribution in [-0.2, 0) is 11.3 Å². The van der Waals surface area contributed by atoms with Crippen molar-refractivity contribution in [3.8, 4) is 0 Å². The van der Waals surface area contributed by atoms with E-state index in [0.29, 0.717) is 18.2 Å². The second kappa shape index (κ2) is 8.18. The molecule has 0 amide bonds. The number of ether oxygens (including phenoxy) is 1. The van der Waals surface area contributed by atoms with Crippen LogP contribution >= 0.6 is 11.3 Å². The number of carbonyl (C=O) groups is 1. The molecule has 0 aliphatic heterocycles. The Morgan fingerprint density at radius 3 is 2.94 bits per heavy atom. The average Bonchev–Trinajstić information content (AvgIpc) is 2.83. The highest BCUT2D eigenvalue weighted by atomic mass is 32.1. The van der Waals surface area contributed by atoms with E-state index in [0.717, 1.165) is 25.2 Å². The number of hydrogen-bond donors (Lipinski definition) is 1. The molecule has 5 nitrogen and oxygen atoms in total. The van der Waals surface area contributed by atoms with E-state index in [4.69, 9.17) is 9.84 Å². The number of nitrogens with zero attached hydrogens (tertiary/aromatic N) is 2. The first-order valence-corrected chi connectivity index (χ1v) is 7.03. The molecule has 0 aromatic carbocycles. The van der Waals surface area contributed by atoms with Gasteiger partial charge in [-0.25, -0.2) is 9.78 Å². The number of rotatable bonds is 8. The lowest BCUT2D eigenvalue weighted by molar-refractivity contribution is 0.0525. The second-order valence-electron chi connectivity index (χ2n) is 3.81. The molecular formula is C12H20N2O3S. The van der Waals surface area contributed by atoms with Crippen LogP contribution in [0.4, 0.5) is 0 Å². The zero-order valence-corrected chi connectivity index (χ0v) is 11.7. The van der Waals surface area contributed by atoms with Crippen molar-refractivity contribution in [2.75, 3.05) is 26.3 Å². The summed E-state index contributed by atoms with van der Waals surface area (Å²) < 4.78 is 4.90. The highest BCUT2D eigenvalue weighted by Crippen LogP contribution is 2.13. The summed E-state index contributed by atoms with van der Waals surface area (Å²) in [5, 5.41) is 11.1. The fraction of sp³-hybridized carbons (Fsp3) is 0.667. The van der Waals surface area contributed by atoms with Gasteiger partial charge in [-0.1, -0.05) is 6.92 Å². The van der Waals surface area contributed by atoms with Gasteiger partial charge in [-0.2, -0.15) is 0 Å². The summed E-state index contributed by atoms with van der Waals surface area (Å²) in [7, 11) is 0. The van der Waals surface area contributed by atoms with Crippen LogP contribution in [0, 0.1) is 0 Å². The summed E-state index contributed by atoms with van der Waals surface area (Å²) >= 11 is 1.31. The number of aliphatic hydroxyl groups excluding tert-OH is 1. The minimum Gasteiger partial charge on any atom is -0.461 e. The molecule has 0 fully saturated rings. The van der Waals surface area contributed by atoms with Crippen LogP contribution in [0.3, 0.4) is 0 Å². The van der Waals surface area contributed by atoms with Crippen molar-refractivity contribution in [2.45, 2.75) is 26.8 Å². The molecule has 6 heteroatoms. The van der Waals surface area contributed by atoms with Crippen LogP contribution in [0.2, 0.25) is 0 Å².